The van der Waals surface area contributed by atoms with Crippen LogP contribution in [-0.4, -0.2) is 0 Å². The van der Waals surface area contributed by atoms with Crippen molar-refractivity contribution < 1.29 is 0 Å². The van der Waals surface area contributed by atoms with Crippen LogP contribution in [0.4, 0.5) is 0 Å². The molecule has 0 heterocycles. The molecule has 0 atom stereocenters. The Morgan fingerprint density at radius 1 is 1.00 bits per heavy atom. The summed E-state index contributed by atoms with van der Waals surface area (Å²) in [6.45, 7) is 2.28. The summed E-state index contributed by atoms with van der Waals surface area (Å²) in [6.07, 6.45) is 8.38. The van der Waals surface area contributed by atoms with Gasteiger partial charge in [-0.1, -0.05) is 12.1 Å². The summed E-state index contributed by atoms with van der Waals surface area (Å²) >= 11 is 0. The fourth-order valence-electron chi connectivity index (χ4n) is 2.85. The third kappa shape index (κ3) is 1.28. The first-order valence-corrected chi connectivity index (χ1v) is 5.97. The molecule has 0 bridgehead atoms. The Kier molecular flexibility index (Phi) is 1.90. The van der Waals surface area contributed by atoms with Crippen LogP contribution in [0.2, 0.25) is 0 Å². The van der Waals surface area contributed by atoms with Crippen LogP contribution in [0.15, 0.2) is 12.1 Å². The minimum Gasteiger partial charge on any atom is -0.0587 e. The van der Waals surface area contributed by atoms with Crippen LogP contribution >= 0.6 is 0 Å². The van der Waals surface area contributed by atoms with E-state index in [1.807, 2.05) is 0 Å². The Morgan fingerprint density at radius 3 is 2.43 bits per heavy atom. The van der Waals surface area contributed by atoms with Crippen LogP contribution in [0, 0.1) is 6.92 Å². The summed E-state index contributed by atoms with van der Waals surface area (Å²) in [5.41, 5.74) is 6.66. The van der Waals surface area contributed by atoms with Gasteiger partial charge in [0, 0.05) is 0 Å². The second-order valence-corrected chi connectivity index (χ2v) is 4.91. The van der Waals surface area contributed by atoms with Crippen LogP contribution in [0.5, 0.6) is 0 Å². The first-order chi connectivity index (χ1) is 6.86. The summed E-state index contributed by atoms with van der Waals surface area (Å²) in [5.74, 6) is 0.933. The maximum Gasteiger partial charge on any atom is -0.0159 e. The minimum absolute atomic E-state index is 0.933. The second kappa shape index (κ2) is 3.12. The molecule has 2 aliphatic carbocycles. The molecular weight excluding hydrogens is 168 g/mol. The van der Waals surface area contributed by atoms with Gasteiger partial charge in [-0.2, -0.15) is 0 Å². The van der Waals surface area contributed by atoms with E-state index in [9.17, 15) is 0 Å². The number of benzene rings is 1. The fraction of sp³-hybridized carbons (Fsp3) is 0.571. The third-order valence-electron chi connectivity index (χ3n) is 3.82. The topological polar surface area (TPSA) is 0 Å². The predicted octanol–water partition coefficient (Wildman–Crippen LogP) is 3.75. The average molecular weight is 186 g/mol. The first-order valence-electron chi connectivity index (χ1n) is 5.97. The maximum atomic E-state index is 2.40. The van der Waals surface area contributed by atoms with Gasteiger partial charge in [-0.3, -0.25) is 0 Å². The van der Waals surface area contributed by atoms with Crippen molar-refractivity contribution in [3.8, 4) is 0 Å². The number of hydrogen-bond acceptors (Lipinski definition) is 0. The Morgan fingerprint density at radius 2 is 1.71 bits per heavy atom. The highest BCUT2D eigenvalue weighted by Gasteiger charge is 2.27. The molecule has 0 heteroatoms. The van der Waals surface area contributed by atoms with Crippen molar-refractivity contribution >= 4 is 0 Å². The van der Waals surface area contributed by atoms with E-state index in [-0.39, 0.29) is 0 Å². The standard InChI is InChI=1S/C14H18/c1-10-6-9-13(11-7-8-11)14-5-3-2-4-12(10)14/h6,9,11H,2-5,7-8H2,1H3. The molecule has 1 aromatic rings. The number of aryl methyl sites for hydroxylation is 1. The minimum atomic E-state index is 0.933. The van der Waals surface area contributed by atoms with Gasteiger partial charge in [0.2, 0.25) is 0 Å². The Bertz CT molecular complexity index is 359. The van der Waals surface area contributed by atoms with Crippen molar-refractivity contribution in [2.45, 2.75) is 51.4 Å². The van der Waals surface area contributed by atoms with Crippen LogP contribution in [-0.2, 0) is 12.8 Å². The molecule has 1 saturated carbocycles. The quantitative estimate of drug-likeness (QED) is 0.626. The van der Waals surface area contributed by atoms with Gasteiger partial charge in [-0.25, -0.2) is 0 Å². The molecule has 0 amide bonds. The second-order valence-electron chi connectivity index (χ2n) is 4.91. The highest BCUT2D eigenvalue weighted by Crippen LogP contribution is 2.44. The fourth-order valence-corrected chi connectivity index (χ4v) is 2.85. The van der Waals surface area contributed by atoms with Crippen molar-refractivity contribution in [1.82, 2.24) is 0 Å². The van der Waals surface area contributed by atoms with E-state index in [1.54, 1.807) is 16.7 Å². The lowest BCUT2D eigenvalue weighted by Crippen LogP contribution is -2.07. The summed E-state index contributed by atoms with van der Waals surface area (Å²) in [6, 6.07) is 4.74. The third-order valence-corrected chi connectivity index (χ3v) is 3.82. The van der Waals surface area contributed by atoms with E-state index in [4.69, 9.17) is 0 Å². The largest absolute Gasteiger partial charge is 0.0587 e. The maximum absolute atomic E-state index is 2.40. The van der Waals surface area contributed by atoms with Crippen molar-refractivity contribution in [3.63, 3.8) is 0 Å². The summed E-state index contributed by atoms with van der Waals surface area (Å²) < 4.78 is 0. The van der Waals surface area contributed by atoms with E-state index in [0.29, 0.717) is 0 Å². The summed E-state index contributed by atoms with van der Waals surface area (Å²) in [5, 5.41) is 0. The van der Waals surface area contributed by atoms with Gasteiger partial charge in [0.05, 0.1) is 0 Å². The van der Waals surface area contributed by atoms with E-state index in [0.717, 1.165) is 5.92 Å². The lowest BCUT2D eigenvalue weighted by atomic mass is 9.84. The number of hydrogen-bond donors (Lipinski definition) is 0. The molecule has 1 aromatic carbocycles. The zero-order chi connectivity index (χ0) is 9.54. The number of fused-ring (bicyclic) bond motifs is 1. The van der Waals surface area contributed by atoms with Crippen LogP contribution < -0.4 is 0 Å². The molecule has 0 unspecified atom stereocenters. The molecule has 14 heavy (non-hydrogen) atoms. The van der Waals surface area contributed by atoms with Crippen molar-refractivity contribution in [3.05, 3.63) is 34.4 Å². The predicted molar refractivity (Wildman–Crippen MR) is 59.8 cm³/mol. The summed E-state index contributed by atoms with van der Waals surface area (Å²) in [7, 11) is 0. The van der Waals surface area contributed by atoms with Crippen molar-refractivity contribution in [2.75, 3.05) is 0 Å². The van der Waals surface area contributed by atoms with Crippen molar-refractivity contribution in [1.29, 1.82) is 0 Å². The molecular formula is C14H18. The lowest BCUT2D eigenvalue weighted by molar-refractivity contribution is 0.675. The van der Waals surface area contributed by atoms with Gasteiger partial charge in [-0.05, 0) is 73.6 Å². The molecule has 0 nitrogen and oxygen atoms in total. The average Bonchev–Trinajstić information content (AvgIpc) is 3.03. The Hall–Kier alpha value is -0.780. The van der Waals surface area contributed by atoms with Gasteiger partial charge < -0.3 is 0 Å². The lowest BCUT2D eigenvalue weighted by Gasteiger charge is -2.21. The van der Waals surface area contributed by atoms with Gasteiger partial charge in [0.25, 0.3) is 0 Å². The molecule has 0 aromatic heterocycles. The highest BCUT2D eigenvalue weighted by molar-refractivity contribution is 5.45. The van der Waals surface area contributed by atoms with E-state index in [2.05, 4.69) is 19.1 Å². The van der Waals surface area contributed by atoms with Crippen molar-refractivity contribution in [2.24, 2.45) is 0 Å². The smallest absolute Gasteiger partial charge is 0.0159 e. The van der Waals surface area contributed by atoms with Crippen LogP contribution in [0.3, 0.4) is 0 Å². The van der Waals surface area contributed by atoms with Gasteiger partial charge in [0.1, 0.15) is 0 Å². The van der Waals surface area contributed by atoms with E-state index < -0.39 is 0 Å². The zero-order valence-corrected chi connectivity index (χ0v) is 8.97. The van der Waals surface area contributed by atoms with Crippen LogP contribution in [0.1, 0.15) is 53.9 Å². The molecule has 0 aliphatic heterocycles. The molecule has 0 saturated heterocycles. The van der Waals surface area contributed by atoms with Crippen LogP contribution in [0.25, 0.3) is 0 Å². The molecule has 0 N–H and O–H groups in total. The molecule has 3 rings (SSSR count). The SMILES string of the molecule is Cc1ccc(C2CC2)c2c1CCCC2. The molecule has 74 valence electrons. The highest BCUT2D eigenvalue weighted by atomic mass is 14.3. The van der Waals surface area contributed by atoms with Gasteiger partial charge in [-0.15, -0.1) is 0 Å². The molecule has 2 aliphatic rings. The molecule has 0 radical (unpaired) electrons. The van der Waals surface area contributed by atoms with Gasteiger partial charge in [0.15, 0.2) is 0 Å². The van der Waals surface area contributed by atoms with E-state index in [1.165, 1.54) is 44.1 Å². The van der Waals surface area contributed by atoms with Gasteiger partial charge >= 0.3 is 0 Å². The Labute approximate surface area is 86.3 Å². The number of rotatable bonds is 1. The molecule has 0 spiro atoms. The molecule has 1 fully saturated rings. The zero-order valence-electron chi connectivity index (χ0n) is 8.97. The monoisotopic (exact) mass is 186 g/mol. The normalized spacial score (nSPS) is 20.6. The Balaban J connectivity index is 2.12. The summed E-state index contributed by atoms with van der Waals surface area (Å²) in [4.78, 5) is 0. The first kappa shape index (κ1) is 8.52. The van der Waals surface area contributed by atoms with E-state index >= 15 is 0 Å².